The molecule has 0 saturated heterocycles. The molecule has 1 aliphatic rings. The molecule has 3 heteroatoms. The molecular weight excluding hydrogens is 238 g/mol. The first kappa shape index (κ1) is 5.44. The van der Waals surface area contributed by atoms with Gasteiger partial charge in [0, 0.05) is 10.9 Å². The lowest BCUT2D eigenvalue weighted by atomic mass is 9.98. The standard InChI is InChI=1S/C10H9BrF2/c1-9(6-10(9,12)13)7-2-4-8(11)5-3-7/h2-5H,6H2,1H3/i2D,3D,4D,5D. The van der Waals surface area contributed by atoms with Gasteiger partial charge in [-0.05, 0) is 24.6 Å². The second-order valence-corrected chi connectivity index (χ2v) is 4.20. The van der Waals surface area contributed by atoms with Crippen molar-refractivity contribution in [1.82, 2.24) is 0 Å². The molecule has 0 heterocycles. The highest BCUT2D eigenvalue weighted by molar-refractivity contribution is 9.10. The van der Waals surface area contributed by atoms with Gasteiger partial charge in [-0.1, -0.05) is 28.0 Å². The van der Waals surface area contributed by atoms with Crippen LogP contribution in [0.5, 0.6) is 0 Å². The van der Waals surface area contributed by atoms with Crippen LogP contribution in [0.1, 0.15) is 24.4 Å². The van der Waals surface area contributed by atoms with Crippen LogP contribution in [0, 0.1) is 0 Å². The highest BCUT2D eigenvalue weighted by atomic mass is 79.9. The first-order valence-corrected chi connectivity index (χ1v) is 4.57. The molecule has 0 nitrogen and oxygen atoms in total. The van der Waals surface area contributed by atoms with Gasteiger partial charge in [0.2, 0.25) is 0 Å². The van der Waals surface area contributed by atoms with Crippen LogP contribution in [-0.4, -0.2) is 5.92 Å². The average molecular weight is 251 g/mol. The van der Waals surface area contributed by atoms with Gasteiger partial charge in [0.05, 0.1) is 10.9 Å². The molecule has 1 saturated carbocycles. The van der Waals surface area contributed by atoms with E-state index in [0.717, 1.165) is 0 Å². The largest absolute Gasteiger partial charge is 0.258 e. The minimum Gasteiger partial charge on any atom is -0.206 e. The fourth-order valence-corrected chi connectivity index (χ4v) is 1.44. The molecule has 13 heavy (non-hydrogen) atoms. The third-order valence-electron chi connectivity index (χ3n) is 2.40. The fraction of sp³-hybridized carbons (Fsp3) is 0.400. The molecule has 1 atom stereocenters. The fourth-order valence-electron chi connectivity index (χ4n) is 1.24. The van der Waals surface area contributed by atoms with Gasteiger partial charge in [0.25, 0.3) is 5.92 Å². The van der Waals surface area contributed by atoms with E-state index in [0.29, 0.717) is 0 Å². The van der Waals surface area contributed by atoms with Crippen molar-refractivity contribution < 1.29 is 14.3 Å². The van der Waals surface area contributed by atoms with Gasteiger partial charge in [-0.15, -0.1) is 0 Å². The number of rotatable bonds is 1. The Morgan fingerprint density at radius 2 is 1.85 bits per heavy atom. The summed E-state index contributed by atoms with van der Waals surface area (Å²) < 4.78 is 57.1. The summed E-state index contributed by atoms with van der Waals surface area (Å²) in [7, 11) is 0. The first-order chi connectivity index (χ1) is 7.63. The summed E-state index contributed by atoms with van der Waals surface area (Å²) in [5.74, 6) is -2.95. The van der Waals surface area contributed by atoms with E-state index >= 15 is 0 Å². The van der Waals surface area contributed by atoms with Crippen LogP contribution in [0.2, 0.25) is 0 Å². The summed E-state index contributed by atoms with van der Waals surface area (Å²) in [6.07, 6.45) is -0.432. The Kier molecular flexibility index (Phi) is 1.06. The normalized spacial score (nSPS) is 34.5. The molecule has 0 radical (unpaired) electrons. The zero-order valence-corrected chi connectivity index (χ0v) is 8.43. The van der Waals surface area contributed by atoms with Gasteiger partial charge >= 0.3 is 0 Å². The van der Waals surface area contributed by atoms with Gasteiger partial charge in [0.15, 0.2) is 0 Å². The monoisotopic (exact) mass is 250 g/mol. The number of hydrogen-bond donors (Lipinski definition) is 0. The van der Waals surface area contributed by atoms with E-state index in [-0.39, 0.29) is 22.1 Å². The van der Waals surface area contributed by atoms with E-state index in [2.05, 4.69) is 15.9 Å². The van der Waals surface area contributed by atoms with Crippen molar-refractivity contribution in [2.45, 2.75) is 24.7 Å². The lowest BCUT2D eigenvalue weighted by molar-refractivity contribution is 0.0920. The number of alkyl halides is 2. The topological polar surface area (TPSA) is 0 Å². The van der Waals surface area contributed by atoms with Crippen molar-refractivity contribution in [3.8, 4) is 0 Å². The third kappa shape index (κ3) is 1.30. The summed E-state index contributed by atoms with van der Waals surface area (Å²) >= 11 is 2.93. The van der Waals surface area contributed by atoms with Gasteiger partial charge in [-0.3, -0.25) is 0 Å². The molecule has 0 bridgehead atoms. The second kappa shape index (κ2) is 2.53. The first-order valence-electron chi connectivity index (χ1n) is 5.77. The predicted molar refractivity (Wildman–Crippen MR) is 51.1 cm³/mol. The maximum Gasteiger partial charge on any atom is 0.258 e. The van der Waals surface area contributed by atoms with E-state index in [1.807, 2.05) is 0 Å². The predicted octanol–water partition coefficient (Wildman–Crippen LogP) is 3.75. The lowest BCUT2D eigenvalue weighted by Gasteiger charge is -2.09. The van der Waals surface area contributed by atoms with Crippen LogP contribution in [0.4, 0.5) is 8.78 Å². The van der Waals surface area contributed by atoms with Crippen molar-refractivity contribution in [3.63, 3.8) is 0 Å². The van der Waals surface area contributed by atoms with Crippen molar-refractivity contribution in [1.29, 1.82) is 0 Å². The van der Waals surface area contributed by atoms with E-state index < -0.39 is 29.8 Å². The molecule has 0 amide bonds. The van der Waals surface area contributed by atoms with Crippen molar-refractivity contribution in [3.05, 3.63) is 34.2 Å². The van der Waals surface area contributed by atoms with Crippen LogP contribution in [0.25, 0.3) is 0 Å². The molecule has 0 aliphatic heterocycles. The van der Waals surface area contributed by atoms with Crippen LogP contribution in [0.3, 0.4) is 0 Å². The van der Waals surface area contributed by atoms with E-state index in [4.69, 9.17) is 5.48 Å². The summed E-state index contributed by atoms with van der Waals surface area (Å²) in [5.41, 5.74) is -1.77. The lowest BCUT2D eigenvalue weighted by Crippen LogP contribution is -2.11. The van der Waals surface area contributed by atoms with Gasteiger partial charge in [-0.25, -0.2) is 8.78 Å². The molecular formula is C10H9BrF2. The number of halogens is 3. The molecule has 0 spiro atoms. The summed E-state index contributed by atoms with van der Waals surface area (Å²) in [6.45, 7) is 1.27. The Bertz CT molecular complexity index is 489. The molecule has 1 unspecified atom stereocenters. The van der Waals surface area contributed by atoms with Crippen LogP contribution < -0.4 is 0 Å². The summed E-state index contributed by atoms with van der Waals surface area (Å²) in [6, 6.07) is -1.41. The molecule has 1 aliphatic carbocycles. The molecule has 0 N–H and O–H groups in total. The van der Waals surface area contributed by atoms with Gasteiger partial charge < -0.3 is 0 Å². The highest BCUT2D eigenvalue weighted by Gasteiger charge is 2.68. The molecule has 0 aromatic heterocycles. The van der Waals surface area contributed by atoms with E-state index in [1.165, 1.54) is 6.92 Å². The smallest absolute Gasteiger partial charge is 0.206 e. The Morgan fingerprint density at radius 1 is 1.38 bits per heavy atom. The highest BCUT2D eigenvalue weighted by Crippen LogP contribution is 2.61. The Balaban J connectivity index is 2.73. The minimum absolute atomic E-state index is 0.00353. The van der Waals surface area contributed by atoms with Crippen LogP contribution in [0.15, 0.2) is 28.6 Å². The Hall–Kier alpha value is -0.440. The third-order valence-corrected chi connectivity index (χ3v) is 2.80. The van der Waals surface area contributed by atoms with Gasteiger partial charge in [0.1, 0.15) is 0 Å². The Morgan fingerprint density at radius 3 is 2.23 bits per heavy atom. The maximum atomic E-state index is 13.3. The second-order valence-electron chi connectivity index (χ2n) is 3.40. The summed E-state index contributed by atoms with van der Waals surface area (Å²) in [5, 5.41) is 0. The molecule has 1 aromatic carbocycles. The molecule has 2 rings (SSSR count). The number of hydrogen-bond acceptors (Lipinski definition) is 0. The summed E-state index contributed by atoms with van der Waals surface area (Å²) in [4.78, 5) is 0. The van der Waals surface area contributed by atoms with Gasteiger partial charge in [-0.2, -0.15) is 0 Å². The molecule has 70 valence electrons. The van der Waals surface area contributed by atoms with Crippen LogP contribution >= 0.6 is 15.9 Å². The van der Waals surface area contributed by atoms with E-state index in [1.54, 1.807) is 0 Å². The van der Waals surface area contributed by atoms with Crippen LogP contribution in [-0.2, 0) is 5.41 Å². The van der Waals surface area contributed by atoms with Crippen molar-refractivity contribution in [2.75, 3.05) is 0 Å². The molecule has 1 aromatic rings. The molecule has 1 fully saturated rings. The zero-order valence-electron chi connectivity index (χ0n) is 10.8. The van der Waals surface area contributed by atoms with E-state index in [9.17, 15) is 8.78 Å². The maximum absolute atomic E-state index is 13.3. The van der Waals surface area contributed by atoms with Crippen molar-refractivity contribution in [2.24, 2.45) is 0 Å². The number of benzene rings is 1. The zero-order chi connectivity index (χ0) is 13.2. The van der Waals surface area contributed by atoms with Crippen molar-refractivity contribution >= 4 is 15.9 Å². The average Bonchev–Trinajstić information content (AvgIpc) is 2.73. The Labute approximate surface area is 89.7 Å². The minimum atomic E-state index is -2.95. The SMILES string of the molecule is [2H]c1c([2H])c(C2(C)CC2(F)F)c([2H])c([2H])c1Br. The quantitative estimate of drug-likeness (QED) is 0.713.